The number of rotatable bonds is 1. The number of para-hydroxylation sites is 3. The monoisotopic (exact) mass is 462 g/mol. The second-order valence-corrected chi connectivity index (χ2v) is 9.04. The van der Waals surface area contributed by atoms with Crippen LogP contribution in [0.5, 0.6) is 23.1 Å². The first-order chi connectivity index (χ1) is 17.8. The van der Waals surface area contributed by atoms with Crippen LogP contribution in [0.1, 0.15) is 5.56 Å². The molecule has 0 aliphatic carbocycles. The van der Waals surface area contributed by atoms with Crippen molar-refractivity contribution in [3.63, 3.8) is 0 Å². The Morgan fingerprint density at radius 3 is 2.31 bits per heavy atom. The van der Waals surface area contributed by atoms with Gasteiger partial charge in [0.15, 0.2) is 0 Å². The van der Waals surface area contributed by atoms with Gasteiger partial charge in [-0.3, -0.25) is 0 Å². The van der Waals surface area contributed by atoms with Gasteiger partial charge in [-0.25, -0.2) is 4.98 Å². The van der Waals surface area contributed by atoms with Gasteiger partial charge in [0.1, 0.15) is 28.4 Å². The van der Waals surface area contributed by atoms with E-state index in [2.05, 4.69) is 18.2 Å². The summed E-state index contributed by atoms with van der Waals surface area (Å²) in [5.41, 5.74) is 6.71. The van der Waals surface area contributed by atoms with Crippen molar-refractivity contribution in [1.82, 2.24) is 4.98 Å². The van der Waals surface area contributed by atoms with E-state index < -0.39 is 0 Å². The number of nitriles is 1. The van der Waals surface area contributed by atoms with Crippen molar-refractivity contribution in [2.45, 2.75) is 0 Å². The first-order valence-corrected chi connectivity index (χ1v) is 11.7. The Kier molecular flexibility index (Phi) is 3.75. The number of hydrogen-bond acceptors (Lipinski definition) is 5. The number of hydrogen-bond donors (Lipinski definition) is 0. The van der Waals surface area contributed by atoms with Crippen molar-refractivity contribution in [2.75, 3.05) is 0 Å². The largest absolute Gasteiger partial charge is 0.458 e. The molecular weight excluding hydrogens is 447 g/mol. The normalized spacial score (nSPS) is 12.8. The van der Waals surface area contributed by atoms with Gasteiger partial charge in [0, 0.05) is 27.9 Å². The Hall–Kier alpha value is -5.02. The highest BCUT2D eigenvalue weighted by Crippen LogP contribution is 2.39. The predicted molar refractivity (Wildman–Crippen MR) is 139 cm³/mol. The summed E-state index contributed by atoms with van der Waals surface area (Å²) in [4.78, 5) is 4.99. The van der Waals surface area contributed by atoms with Crippen LogP contribution in [0, 0.1) is 11.3 Å². The SMILES string of the molecule is N#Cc1ccc2oc3c(-c4cc5c6c(n4)Oc4ccccc4B6c4ccccc4O5)cccc3c2c1. The molecule has 6 heteroatoms. The van der Waals surface area contributed by atoms with E-state index >= 15 is 0 Å². The first kappa shape index (κ1) is 19.3. The molecule has 5 nitrogen and oxygen atoms in total. The third-order valence-corrected chi connectivity index (χ3v) is 7.06. The van der Waals surface area contributed by atoms with Crippen LogP contribution in [0.25, 0.3) is 33.2 Å². The number of ether oxygens (including phenoxy) is 2. The summed E-state index contributed by atoms with van der Waals surface area (Å²) < 4.78 is 19.0. The van der Waals surface area contributed by atoms with Crippen molar-refractivity contribution < 1.29 is 13.9 Å². The van der Waals surface area contributed by atoms with Gasteiger partial charge in [-0.1, -0.05) is 48.5 Å². The minimum absolute atomic E-state index is 0.0159. The lowest BCUT2D eigenvalue weighted by molar-refractivity contribution is 0.451. The van der Waals surface area contributed by atoms with E-state index in [1.165, 1.54) is 0 Å². The standard InChI is InChI=1S/C30H15BN2O3/c32-16-17-12-13-24-20(14-17)18-6-5-7-19(29(18)35-24)23-15-27-28-30(33-23)36-26-11-4-2-9-22(26)31(28)21-8-1-3-10-25(21)34-27/h1-15H. The molecule has 0 amide bonds. The molecule has 166 valence electrons. The molecule has 0 saturated carbocycles. The lowest BCUT2D eigenvalue weighted by atomic mass is 9.35. The van der Waals surface area contributed by atoms with Gasteiger partial charge >= 0.3 is 0 Å². The lowest BCUT2D eigenvalue weighted by Gasteiger charge is -2.32. The quantitative estimate of drug-likeness (QED) is 0.312. The first-order valence-electron chi connectivity index (χ1n) is 11.7. The van der Waals surface area contributed by atoms with Crippen molar-refractivity contribution >= 4 is 45.0 Å². The lowest BCUT2D eigenvalue weighted by Crippen LogP contribution is -2.57. The molecule has 8 rings (SSSR count). The van der Waals surface area contributed by atoms with Crippen LogP contribution in [-0.2, 0) is 0 Å². The van der Waals surface area contributed by atoms with Crippen molar-refractivity contribution in [3.8, 4) is 40.5 Å². The molecule has 36 heavy (non-hydrogen) atoms. The Labute approximate surface area is 206 Å². The fourth-order valence-corrected chi connectivity index (χ4v) is 5.47. The molecule has 0 bridgehead atoms. The summed E-state index contributed by atoms with van der Waals surface area (Å²) in [6.07, 6.45) is 0. The summed E-state index contributed by atoms with van der Waals surface area (Å²) in [6.45, 7) is -0.0159. The molecule has 4 aromatic carbocycles. The molecule has 0 unspecified atom stereocenters. The van der Waals surface area contributed by atoms with Crippen molar-refractivity contribution in [2.24, 2.45) is 0 Å². The van der Waals surface area contributed by atoms with Gasteiger partial charge in [0.05, 0.1) is 17.3 Å². The van der Waals surface area contributed by atoms with Crippen molar-refractivity contribution in [3.05, 3.63) is 96.6 Å². The van der Waals surface area contributed by atoms with Gasteiger partial charge in [-0.2, -0.15) is 5.26 Å². The zero-order chi connectivity index (χ0) is 23.8. The number of benzene rings is 4. The third kappa shape index (κ3) is 2.57. The Bertz CT molecular complexity index is 1860. The molecule has 0 N–H and O–H groups in total. The van der Waals surface area contributed by atoms with Gasteiger partial charge in [0.25, 0.3) is 6.71 Å². The minimum atomic E-state index is -0.0159. The number of aromatic nitrogens is 1. The van der Waals surface area contributed by atoms with E-state index in [1.54, 1.807) is 6.07 Å². The molecular formula is C30H15BN2O3. The maximum absolute atomic E-state index is 9.36. The zero-order valence-corrected chi connectivity index (χ0v) is 18.9. The van der Waals surface area contributed by atoms with Gasteiger partial charge in [0.2, 0.25) is 5.88 Å². The number of furan rings is 1. The van der Waals surface area contributed by atoms with E-state index in [9.17, 15) is 5.26 Å². The molecule has 4 heterocycles. The highest BCUT2D eigenvalue weighted by Gasteiger charge is 2.41. The molecule has 2 aliphatic rings. The van der Waals surface area contributed by atoms with Crippen LogP contribution in [-0.4, -0.2) is 11.7 Å². The highest BCUT2D eigenvalue weighted by atomic mass is 16.5. The van der Waals surface area contributed by atoms with Crippen LogP contribution in [0.4, 0.5) is 0 Å². The average Bonchev–Trinajstić information content (AvgIpc) is 3.30. The summed E-state index contributed by atoms with van der Waals surface area (Å²) in [5, 5.41) is 11.2. The van der Waals surface area contributed by atoms with E-state index in [0.717, 1.165) is 55.6 Å². The molecule has 0 radical (unpaired) electrons. The van der Waals surface area contributed by atoms with Crippen LogP contribution in [0.2, 0.25) is 0 Å². The summed E-state index contributed by atoms with van der Waals surface area (Å²) >= 11 is 0. The number of pyridine rings is 1. The minimum Gasteiger partial charge on any atom is -0.458 e. The summed E-state index contributed by atoms with van der Waals surface area (Å²) in [5.74, 6) is 2.91. The Morgan fingerprint density at radius 2 is 1.50 bits per heavy atom. The molecule has 0 saturated heterocycles. The molecule has 0 atom stereocenters. The fraction of sp³-hybridized carbons (Fsp3) is 0. The summed E-state index contributed by atoms with van der Waals surface area (Å²) in [7, 11) is 0. The highest BCUT2D eigenvalue weighted by molar-refractivity contribution is 6.98. The molecule has 2 aliphatic heterocycles. The number of nitrogens with zero attached hydrogens (tertiary/aromatic N) is 2. The van der Waals surface area contributed by atoms with E-state index in [-0.39, 0.29) is 6.71 Å². The topological polar surface area (TPSA) is 68.3 Å². The van der Waals surface area contributed by atoms with Gasteiger partial charge in [-0.15, -0.1) is 0 Å². The predicted octanol–water partition coefficient (Wildman–Crippen LogP) is 5.25. The van der Waals surface area contributed by atoms with Crippen LogP contribution >= 0.6 is 0 Å². The second kappa shape index (κ2) is 7.00. The van der Waals surface area contributed by atoms with Crippen LogP contribution < -0.4 is 25.9 Å². The van der Waals surface area contributed by atoms with Crippen LogP contribution in [0.15, 0.2) is 95.4 Å². The van der Waals surface area contributed by atoms with E-state index in [0.29, 0.717) is 22.7 Å². The maximum atomic E-state index is 9.36. The second-order valence-electron chi connectivity index (χ2n) is 9.04. The van der Waals surface area contributed by atoms with Crippen LogP contribution in [0.3, 0.4) is 0 Å². The molecule has 0 spiro atoms. The van der Waals surface area contributed by atoms with E-state index in [4.69, 9.17) is 18.9 Å². The number of fused-ring (bicyclic) bond motifs is 7. The third-order valence-electron chi connectivity index (χ3n) is 7.06. The zero-order valence-electron chi connectivity index (χ0n) is 18.9. The van der Waals surface area contributed by atoms with Crippen molar-refractivity contribution in [1.29, 1.82) is 5.26 Å². The smallest absolute Gasteiger partial charge is 0.262 e. The fourth-order valence-electron chi connectivity index (χ4n) is 5.47. The van der Waals surface area contributed by atoms with Gasteiger partial charge in [-0.05, 0) is 47.3 Å². The average molecular weight is 462 g/mol. The van der Waals surface area contributed by atoms with E-state index in [1.807, 2.05) is 72.8 Å². The molecule has 0 fully saturated rings. The summed E-state index contributed by atoms with van der Waals surface area (Å²) in [6, 6.07) is 31.9. The Balaban J connectivity index is 1.39. The molecule has 2 aromatic heterocycles. The maximum Gasteiger partial charge on any atom is 0.262 e. The molecule has 6 aromatic rings. The Morgan fingerprint density at radius 1 is 0.722 bits per heavy atom. The van der Waals surface area contributed by atoms with Gasteiger partial charge < -0.3 is 13.9 Å².